The van der Waals surface area contributed by atoms with Crippen molar-refractivity contribution in [2.75, 3.05) is 4.90 Å². The fourth-order valence-electron chi connectivity index (χ4n) is 2.82. The van der Waals surface area contributed by atoms with Crippen molar-refractivity contribution >= 4 is 55.8 Å². The Bertz CT molecular complexity index is 1160. The van der Waals surface area contributed by atoms with Crippen LogP contribution in [0.1, 0.15) is 21.6 Å². The molecule has 140 valence electrons. The Kier molecular flexibility index (Phi) is 5.31. The minimum Gasteiger partial charge on any atom is -0.278 e. The number of fused-ring (bicyclic) bond motifs is 1. The van der Waals surface area contributed by atoms with Gasteiger partial charge in [0.1, 0.15) is 0 Å². The molecule has 0 fully saturated rings. The number of amides is 1. The van der Waals surface area contributed by atoms with Crippen LogP contribution >= 0.6 is 34.5 Å². The summed E-state index contributed by atoms with van der Waals surface area (Å²) in [6, 6.07) is 16.5. The van der Waals surface area contributed by atoms with E-state index in [4.69, 9.17) is 23.2 Å². The van der Waals surface area contributed by atoms with Crippen molar-refractivity contribution < 1.29 is 4.79 Å². The molecule has 1 amide bonds. The predicted octanol–water partition coefficient (Wildman–Crippen LogP) is 6.15. The largest absolute Gasteiger partial charge is 0.278 e. The highest BCUT2D eigenvalue weighted by Gasteiger charge is 2.24. The lowest BCUT2D eigenvalue weighted by Crippen LogP contribution is -2.31. The van der Waals surface area contributed by atoms with Gasteiger partial charge in [-0.25, -0.2) is 4.98 Å². The van der Waals surface area contributed by atoms with E-state index in [1.54, 1.807) is 29.3 Å². The van der Waals surface area contributed by atoms with Crippen molar-refractivity contribution in [1.29, 1.82) is 0 Å². The average Bonchev–Trinajstić information content (AvgIpc) is 3.11. The van der Waals surface area contributed by atoms with E-state index in [0.29, 0.717) is 20.7 Å². The number of benzene rings is 2. The van der Waals surface area contributed by atoms with Crippen LogP contribution in [-0.2, 0) is 6.54 Å². The van der Waals surface area contributed by atoms with Crippen LogP contribution in [-0.4, -0.2) is 15.9 Å². The second kappa shape index (κ2) is 7.87. The van der Waals surface area contributed by atoms with Gasteiger partial charge in [-0.2, -0.15) is 0 Å². The Morgan fingerprint density at radius 1 is 1.11 bits per heavy atom. The number of aromatic nitrogens is 2. The van der Waals surface area contributed by atoms with Gasteiger partial charge < -0.3 is 0 Å². The number of hydrogen-bond acceptors (Lipinski definition) is 4. The first kappa shape index (κ1) is 18.9. The summed E-state index contributed by atoms with van der Waals surface area (Å²) in [6.07, 6.45) is 1.70. The Labute approximate surface area is 176 Å². The molecular weight excluding hydrogens is 413 g/mol. The molecule has 28 heavy (non-hydrogen) atoms. The van der Waals surface area contributed by atoms with Crippen molar-refractivity contribution in [3.63, 3.8) is 0 Å². The van der Waals surface area contributed by atoms with E-state index in [1.807, 2.05) is 37.3 Å². The zero-order chi connectivity index (χ0) is 19.7. The molecule has 0 aliphatic rings. The van der Waals surface area contributed by atoms with Crippen LogP contribution in [0.15, 0.2) is 60.8 Å². The number of hydrogen-bond donors (Lipinski definition) is 0. The number of pyridine rings is 1. The Balaban J connectivity index is 1.80. The smallest absolute Gasteiger partial charge is 0.262 e. The summed E-state index contributed by atoms with van der Waals surface area (Å²) < 4.78 is 1.02. The van der Waals surface area contributed by atoms with Crippen LogP contribution in [0.25, 0.3) is 10.2 Å². The van der Waals surface area contributed by atoms with E-state index in [9.17, 15) is 4.79 Å². The van der Waals surface area contributed by atoms with Crippen molar-refractivity contribution in [2.24, 2.45) is 0 Å². The Morgan fingerprint density at radius 3 is 2.75 bits per heavy atom. The molecule has 0 radical (unpaired) electrons. The quantitative estimate of drug-likeness (QED) is 0.392. The van der Waals surface area contributed by atoms with Gasteiger partial charge in [-0.3, -0.25) is 14.7 Å². The summed E-state index contributed by atoms with van der Waals surface area (Å²) in [5.74, 6) is -0.270. The van der Waals surface area contributed by atoms with Gasteiger partial charge in [0, 0.05) is 11.2 Å². The molecule has 0 spiro atoms. The van der Waals surface area contributed by atoms with Gasteiger partial charge in [-0.05, 0) is 55.0 Å². The summed E-state index contributed by atoms with van der Waals surface area (Å²) in [6.45, 7) is 2.31. The van der Waals surface area contributed by atoms with E-state index in [-0.39, 0.29) is 12.5 Å². The van der Waals surface area contributed by atoms with Crippen LogP contribution in [0.4, 0.5) is 5.13 Å². The zero-order valence-electron chi connectivity index (χ0n) is 14.9. The standard InChI is InChI=1S/C21H15Cl2N3OS/c1-13-5-8-18-19(10-13)28-21(25-18)26(12-15-4-2-3-9-24-15)20(27)16-11-14(22)6-7-17(16)23/h2-11H,12H2,1H3. The molecule has 0 unspecified atom stereocenters. The molecule has 0 bridgehead atoms. The van der Waals surface area contributed by atoms with Crippen LogP contribution in [0, 0.1) is 6.92 Å². The molecule has 0 atom stereocenters. The maximum absolute atomic E-state index is 13.4. The lowest BCUT2D eigenvalue weighted by Gasteiger charge is -2.20. The van der Waals surface area contributed by atoms with Gasteiger partial charge in [-0.1, -0.05) is 46.7 Å². The number of rotatable bonds is 4. The lowest BCUT2D eigenvalue weighted by atomic mass is 10.2. The molecule has 0 saturated heterocycles. The van der Waals surface area contributed by atoms with Crippen molar-refractivity contribution in [1.82, 2.24) is 9.97 Å². The van der Waals surface area contributed by atoms with Gasteiger partial charge in [-0.15, -0.1) is 0 Å². The summed E-state index contributed by atoms with van der Waals surface area (Å²) in [4.78, 5) is 24.0. The van der Waals surface area contributed by atoms with E-state index < -0.39 is 0 Å². The Morgan fingerprint density at radius 2 is 1.96 bits per heavy atom. The number of thiazole rings is 1. The first-order valence-corrected chi connectivity index (χ1v) is 10.1. The monoisotopic (exact) mass is 427 g/mol. The zero-order valence-corrected chi connectivity index (χ0v) is 17.2. The number of carbonyl (C=O) groups excluding carboxylic acids is 1. The maximum Gasteiger partial charge on any atom is 0.262 e. The molecule has 2 heterocycles. The molecule has 4 aromatic rings. The van der Waals surface area contributed by atoms with E-state index >= 15 is 0 Å². The molecule has 4 nitrogen and oxygen atoms in total. The molecule has 2 aromatic heterocycles. The van der Waals surface area contributed by atoms with Crippen LogP contribution in [0.2, 0.25) is 10.0 Å². The van der Waals surface area contributed by atoms with Crippen LogP contribution < -0.4 is 4.90 Å². The third kappa shape index (κ3) is 3.87. The third-order valence-electron chi connectivity index (χ3n) is 4.21. The molecular formula is C21H15Cl2N3OS. The third-order valence-corrected chi connectivity index (χ3v) is 5.82. The minimum atomic E-state index is -0.270. The highest BCUT2D eigenvalue weighted by Crippen LogP contribution is 2.32. The lowest BCUT2D eigenvalue weighted by molar-refractivity contribution is 0.0985. The fourth-order valence-corrected chi connectivity index (χ4v) is 4.25. The van der Waals surface area contributed by atoms with E-state index in [2.05, 4.69) is 16.0 Å². The first-order chi connectivity index (χ1) is 13.5. The molecule has 7 heteroatoms. The van der Waals surface area contributed by atoms with Crippen LogP contribution in [0.3, 0.4) is 0 Å². The molecule has 2 aromatic carbocycles. The normalized spacial score (nSPS) is 11.0. The predicted molar refractivity (Wildman–Crippen MR) is 116 cm³/mol. The number of aryl methyl sites for hydroxylation is 1. The highest BCUT2D eigenvalue weighted by atomic mass is 35.5. The maximum atomic E-state index is 13.4. The summed E-state index contributed by atoms with van der Waals surface area (Å²) >= 11 is 13.8. The number of carbonyl (C=O) groups is 1. The first-order valence-electron chi connectivity index (χ1n) is 8.55. The summed E-state index contributed by atoms with van der Waals surface area (Å²) in [7, 11) is 0. The second-order valence-electron chi connectivity index (χ2n) is 6.30. The summed E-state index contributed by atoms with van der Waals surface area (Å²) in [5, 5.41) is 1.38. The highest BCUT2D eigenvalue weighted by molar-refractivity contribution is 7.22. The van der Waals surface area contributed by atoms with Gasteiger partial charge in [0.05, 0.1) is 33.0 Å². The SMILES string of the molecule is Cc1ccc2nc(N(Cc3ccccn3)C(=O)c3cc(Cl)ccc3Cl)sc2c1. The topological polar surface area (TPSA) is 46.1 Å². The average molecular weight is 428 g/mol. The van der Waals surface area contributed by atoms with Crippen molar-refractivity contribution in [3.05, 3.63) is 87.7 Å². The number of halogens is 2. The second-order valence-corrected chi connectivity index (χ2v) is 8.16. The van der Waals surface area contributed by atoms with Gasteiger partial charge >= 0.3 is 0 Å². The number of nitrogens with zero attached hydrogens (tertiary/aromatic N) is 3. The Hall–Kier alpha value is -2.47. The number of anilines is 1. The van der Waals surface area contributed by atoms with Crippen LogP contribution in [0.5, 0.6) is 0 Å². The minimum absolute atomic E-state index is 0.270. The van der Waals surface area contributed by atoms with Crippen molar-refractivity contribution in [2.45, 2.75) is 13.5 Å². The molecule has 0 saturated carbocycles. The van der Waals surface area contributed by atoms with Crippen molar-refractivity contribution in [3.8, 4) is 0 Å². The van der Waals surface area contributed by atoms with E-state index in [0.717, 1.165) is 21.5 Å². The van der Waals surface area contributed by atoms with Gasteiger partial charge in [0.2, 0.25) is 0 Å². The summed E-state index contributed by atoms with van der Waals surface area (Å²) in [5.41, 5.74) is 3.08. The van der Waals surface area contributed by atoms with Gasteiger partial charge in [0.15, 0.2) is 5.13 Å². The molecule has 0 N–H and O–H groups in total. The van der Waals surface area contributed by atoms with E-state index in [1.165, 1.54) is 11.3 Å². The fraction of sp³-hybridized carbons (Fsp3) is 0.0952. The molecule has 0 aliphatic carbocycles. The molecule has 4 rings (SSSR count). The van der Waals surface area contributed by atoms with Gasteiger partial charge in [0.25, 0.3) is 5.91 Å². The molecule has 0 aliphatic heterocycles.